The molecule has 2 aromatic carbocycles. The fraction of sp³-hybridized carbons (Fsp3) is 0.118. The number of esters is 1. The van der Waals surface area contributed by atoms with E-state index in [0.717, 1.165) is 16.5 Å². The molecule has 0 N–H and O–H groups in total. The molecule has 3 aromatic rings. The summed E-state index contributed by atoms with van der Waals surface area (Å²) in [5.41, 5.74) is 2.41. The topological polar surface area (TPSA) is 39.4 Å². The second-order valence-electron chi connectivity index (χ2n) is 4.65. The number of thioether (sulfide) groups is 1. The molecule has 0 aliphatic carbocycles. The average molecular weight is 316 g/mol. The molecule has 0 saturated carbocycles. The van der Waals surface area contributed by atoms with Crippen molar-refractivity contribution in [3.8, 4) is 11.1 Å². The number of fused-ring (bicyclic) bond motifs is 1. The Kier molecular flexibility index (Phi) is 3.90. The number of benzene rings is 2. The molecule has 0 fully saturated rings. The first-order valence-corrected chi connectivity index (χ1v) is 7.82. The first-order valence-electron chi connectivity index (χ1n) is 6.59. The summed E-state index contributed by atoms with van der Waals surface area (Å²) in [5, 5.41) is 1.36. The van der Waals surface area contributed by atoms with E-state index in [0.29, 0.717) is 10.7 Å². The summed E-state index contributed by atoms with van der Waals surface area (Å²) < 4.78 is 24.2. The molecule has 0 aliphatic heterocycles. The molecular formula is C17H13FO3S. The minimum absolute atomic E-state index is 0.249. The zero-order valence-electron chi connectivity index (χ0n) is 12.1. The van der Waals surface area contributed by atoms with Gasteiger partial charge in [0.2, 0.25) is 0 Å². The van der Waals surface area contributed by atoms with E-state index in [9.17, 15) is 9.18 Å². The number of methoxy groups -OCH3 is 1. The smallest absolute Gasteiger partial charge is 0.337 e. The Morgan fingerprint density at radius 2 is 1.91 bits per heavy atom. The van der Waals surface area contributed by atoms with Crippen molar-refractivity contribution in [2.24, 2.45) is 0 Å². The van der Waals surface area contributed by atoms with Crippen LogP contribution in [0.5, 0.6) is 0 Å². The van der Waals surface area contributed by atoms with E-state index in [1.807, 2.05) is 12.3 Å². The quantitative estimate of drug-likeness (QED) is 0.516. The van der Waals surface area contributed by atoms with Gasteiger partial charge in [0.25, 0.3) is 0 Å². The maximum absolute atomic E-state index is 13.9. The second-order valence-corrected chi connectivity index (χ2v) is 5.43. The maximum Gasteiger partial charge on any atom is 0.337 e. The molecule has 0 unspecified atom stereocenters. The predicted octanol–water partition coefficient (Wildman–Crippen LogP) is 4.75. The number of para-hydroxylation sites is 1. The van der Waals surface area contributed by atoms with Crippen LogP contribution in [0.25, 0.3) is 22.1 Å². The molecule has 0 bridgehead atoms. The lowest BCUT2D eigenvalue weighted by Crippen LogP contribution is -2.00. The van der Waals surface area contributed by atoms with E-state index in [1.54, 1.807) is 30.3 Å². The predicted molar refractivity (Wildman–Crippen MR) is 84.7 cm³/mol. The number of rotatable bonds is 3. The van der Waals surface area contributed by atoms with Gasteiger partial charge in [0.1, 0.15) is 0 Å². The molecule has 1 aromatic heterocycles. The largest absolute Gasteiger partial charge is 0.465 e. The van der Waals surface area contributed by atoms with Gasteiger partial charge in [-0.15, -0.1) is 0 Å². The molecule has 3 nitrogen and oxygen atoms in total. The molecule has 0 radical (unpaired) electrons. The fourth-order valence-electron chi connectivity index (χ4n) is 2.37. The number of carbonyl (C=O) groups excluding carboxylic acids is 1. The lowest BCUT2D eigenvalue weighted by Gasteiger charge is -2.03. The van der Waals surface area contributed by atoms with Gasteiger partial charge in [0, 0.05) is 10.9 Å². The number of furan rings is 1. The number of hydrogen-bond donors (Lipinski definition) is 0. The summed E-state index contributed by atoms with van der Waals surface area (Å²) in [6.07, 6.45) is 1.88. The third kappa shape index (κ3) is 2.37. The Morgan fingerprint density at radius 3 is 2.55 bits per heavy atom. The molecule has 112 valence electrons. The van der Waals surface area contributed by atoms with Crippen LogP contribution in [0.2, 0.25) is 0 Å². The zero-order chi connectivity index (χ0) is 15.7. The van der Waals surface area contributed by atoms with Crippen molar-refractivity contribution in [3.63, 3.8) is 0 Å². The van der Waals surface area contributed by atoms with Crippen LogP contribution in [0.15, 0.2) is 52.0 Å². The lowest BCUT2D eigenvalue weighted by molar-refractivity contribution is 0.0601. The Labute approximate surface area is 131 Å². The minimum atomic E-state index is -0.389. The van der Waals surface area contributed by atoms with Gasteiger partial charge < -0.3 is 9.15 Å². The standard InChI is InChI=1S/C17H13FO3S/c1-20-16(19)11-8-6-10(7-9-11)14-12-4-3-5-13(18)15(12)21-17(14)22-2/h3-9H,1-2H3. The maximum atomic E-state index is 13.9. The highest BCUT2D eigenvalue weighted by molar-refractivity contribution is 7.98. The van der Waals surface area contributed by atoms with Gasteiger partial charge in [0.15, 0.2) is 16.5 Å². The van der Waals surface area contributed by atoms with E-state index in [2.05, 4.69) is 4.74 Å². The molecule has 5 heteroatoms. The normalized spacial score (nSPS) is 10.9. The fourth-order valence-corrected chi connectivity index (χ4v) is 2.97. The van der Waals surface area contributed by atoms with Crippen molar-refractivity contribution in [2.45, 2.75) is 5.09 Å². The average Bonchev–Trinajstić information content (AvgIpc) is 2.94. The molecule has 0 spiro atoms. The van der Waals surface area contributed by atoms with E-state index in [4.69, 9.17) is 4.42 Å². The highest BCUT2D eigenvalue weighted by Gasteiger charge is 2.18. The molecule has 22 heavy (non-hydrogen) atoms. The summed E-state index contributed by atoms with van der Waals surface area (Å²) in [4.78, 5) is 11.5. The van der Waals surface area contributed by atoms with E-state index >= 15 is 0 Å². The number of hydrogen-bond acceptors (Lipinski definition) is 4. The van der Waals surface area contributed by atoms with Gasteiger partial charge in [-0.25, -0.2) is 9.18 Å². The molecule has 0 saturated heterocycles. The highest BCUT2D eigenvalue weighted by atomic mass is 32.2. The molecular weight excluding hydrogens is 303 g/mol. The van der Waals surface area contributed by atoms with Gasteiger partial charge in [0.05, 0.1) is 12.7 Å². The van der Waals surface area contributed by atoms with Crippen LogP contribution in [0.3, 0.4) is 0 Å². The van der Waals surface area contributed by atoms with Gasteiger partial charge in [-0.1, -0.05) is 36.0 Å². The molecule has 0 amide bonds. The van der Waals surface area contributed by atoms with Gasteiger partial charge in [-0.05, 0) is 30.0 Å². The first kappa shape index (κ1) is 14.7. The minimum Gasteiger partial charge on any atom is -0.465 e. The van der Waals surface area contributed by atoms with Gasteiger partial charge in [-0.3, -0.25) is 0 Å². The van der Waals surface area contributed by atoms with E-state index in [1.165, 1.54) is 24.9 Å². The third-order valence-electron chi connectivity index (χ3n) is 3.42. The molecule has 0 atom stereocenters. The summed E-state index contributed by atoms with van der Waals surface area (Å²) in [7, 11) is 1.34. The van der Waals surface area contributed by atoms with E-state index < -0.39 is 0 Å². The van der Waals surface area contributed by atoms with Crippen molar-refractivity contribution in [3.05, 3.63) is 53.8 Å². The number of ether oxygens (including phenoxy) is 1. The van der Waals surface area contributed by atoms with Crippen molar-refractivity contribution >= 4 is 28.7 Å². The zero-order valence-corrected chi connectivity index (χ0v) is 12.9. The third-order valence-corrected chi connectivity index (χ3v) is 4.07. The first-order chi connectivity index (χ1) is 10.7. The van der Waals surface area contributed by atoms with Crippen molar-refractivity contribution in [1.82, 2.24) is 0 Å². The number of halogens is 1. The van der Waals surface area contributed by atoms with Crippen molar-refractivity contribution in [2.75, 3.05) is 13.4 Å². The van der Waals surface area contributed by atoms with Gasteiger partial charge >= 0.3 is 5.97 Å². The highest BCUT2D eigenvalue weighted by Crippen LogP contribution is 2.40. The van der Waals surface area contributed by atoms with Crippen molar-refractivity contribution < 1.29 is 18.3 Å². The SMILES string of the molecule is COC(=O)c1ccc(-c2c(SC)oc3c(F)cccc23)cc1. The van der Waals surface area contributed by atoms with Crippen LogP contribution in [-0.2, 0) is 4.74 Å². The van der Waals surface area contributed by atoms with Crippen LogP contribution in [0.1, 0.15) is 10.4 Å². The van der Waals surface area contributed by atoms with Crippen LogP contribution in [0.4, 0.5) is 4.39 Å². The summed E-state index contributed by atoms with van der Waals surface area (Å²) in [5.74, 6) is -0.773. The molecule has 3 rings (SSSR count). The lowest BCUT2D eigenvalue weighted by atomic mass is 10.0. The number of carbonyl (C=O) groups is 1. The van der Waals surface area contributed by atoms with Crippen LogP contribution < -0.4 is 0 Å². The summed E-state index contributed by atoms with van der Waals surface area (Å²) in [6.45, 7) is 0. The van der Waals surface area contributed by atoms with Crippen LogP contribution in [0, 0.1) is 5.82 Å². The Morgan fingerprint density at radius 1 is 1.18 bits per heavy atom. The Bertz CT molecular complexity index is 837. The van der Waals surface area contributed by atoms with E-state index in [-0.39, 0.29) is 17.4 Å². The molecule has 0 aliphatic rings. The monoisotopic (exact) mass is 316 g/mol. The molecule has 1 heterocycles. The summed E-state index contributed by atoms with van der Waals surface area (Å²) >= 11 is 1.41. The second kappa shape index (κ2) is 5.85. The van der Waals surface area contributed by atoms with Crippen LogP contribution >= 0.6 is 11.8 Å². The Hall–Kier alpha value is -2.27. The van der Waals surface area contributed by atoms with Crippen molar-refractivity contribution in [1.29, 1.82) is 0 Å². The van der Waals surface area contributed by atoms with Gasteiger partial charge in [-0.2, -0.15) is 0 Å². The van der Waals surface area contributed by atoms with Crippen LogP contribution in [-0.4, -0.2) is 19.3 Å². The Balaban J connectivity index is 2.17. The summed E-state index contributed by atoms with van der Waals surface area (Å²) in [6, 6.07) is 11.8.